The predicted octanol–water partition coefficient (Wildman–Crippen LogP) is 4.40. The first-order chi connectivity index (χ1) is 16.0. The highest BCUT2D eigenvalue weighted by Gasteiger charge is 2.54. The minimum atomic E-state index is -0.189. The van der Waals surface area contributed by atoms with Crippen LogP contribution in [0.15, 0.2) is 24.3 Å². The van der Waals surface area contributed by atoms with Gasteiger partial charge in [-0.1, -0.05) is 43.5 Å². The van der Waals surface area contributed by atoms with Crippen LogP contribution in [0, 0.1) is 23.2 Å². The van der Waals surface area contributed by atoms with E-state index < -0.39 is 0 Å². The van der Waals surface area contributed by atoms with Crippen molar-refractivity contribution >= 4 is 11.8 Å². The molecule has 180 valence electrons. The summed E-state index contributed by atoms with van der Waals surface area (Å²) in [6.07, 6.45) is 13.7. The van der Waals surface area contributed by atoms with E-state index in [0.29, 0.717) is 12.6 Å². The molecule has 0 saturated heterocycles. The summed E-state index contributed by atoms with van der Waals surface area (Å²) in [4.78, 5) is 28.2. The summed E-state index contributed by atoms with van der Waals surface area (Å²) in [5.74, 6) is 2.24. The zero-order chi connectivity index (χ0) is 22.8. The molecule has 2 amide bonds. The Labute approximate surface area is 199 Å². The second-order valence-corrected chi connectivity index (χ2v) is 11.6. The number of rotatable bonds is 8. The quantitative estimate of drug-likeness (QED) is 0.616. The highest BCUT2D eigenvalue weighted by Crippen LogP contribution is 2.60. The molecule has 0 radical (unpaired) electrons. The van der Waals surface area contributed by atoms with Crippen molar-refractivity contribution in [3.8, 4) is 0 Å². The molecule has 5 nitrogen and oxygen atoms in total. The van der Waals surface area contributed by atoms with Gasteiger partial charge in [-0.3, -0.25) is 14.5 Å². The number of carbonyl (C=O) groups excluding carboxylic acids is 2. The number of amides is 2. The van der Waals surface area contributed by atoms with Crippen molar-refractivity contribution in [3.05, 3.63) is 35.4 Å². The van der Waals surface area contributed by atoms with Crippen molar-refractivity contribution in [2.24, 2.45) is 23.2 Å². The molecule has 2 N–H and O–H groups in total. The third kappa shape index (κ3) is 5.13. The summed E-state index contributed by atoms with van der Waals surface area (Å²) in [6.45, 7) is 1.52. The van der Waals surface area contributed by atoms with Gasteiger partial charge in [-0.15, -0.1) is 0 Å². The Balaban J connectivity index is 1.11. The van der Waals surface area contributed by atoms with Crippen molar-refractivity contribution in [1.29, 1.82) is 0 Å². The van der Waals surface area contributed by atoms with Crippen molar-refractivity contribution in [2.45, 2.75) is 89.8 Å². The molecule has 5 heteroatoms. The molecular formula is C28H41N3O2. The molecule has 0 aliphatic heterocycles. The van der Waals surface area contributed by atoms with Crippen LogP contribution in [0.3, 0.4) is 0 Å². The Bertz CT molecular complexity index is 825. The van der Waals surface area contributed by atoms with E-state index in [0.717, 1.165) is 43.6 Å². The third-order valence-electron chi connectivity index (χ3n) is 9.14. The summed E-state index contributed by atoms with van der Waals surface area (Å²) >= 11 is 0. The molecule has 0 atom stereocenters. The van der Waals surface area contributed by atoms with Crippen LogP contribution in [0.25, 0.3) is 0 Å². The van der Waals surface area contributed by atoms with Crippen LogP contribution < -0.4 is 10.6 Å². The Morgan fingerprint density at radius 3 is 2.15 bits per heavy atom. The number of nitrogens with zero attached hydrogens (tertiary/aromatic N) is 1. The first kappa shape index (κ1) is 22.9. The second-order valence-electron chi connectivity index (χ2n) is 11.6. The topological polar surface area (TPSA) is 61.4 Å². The largest absolute Gasteiger partial charge is 0.350 e. The van der Waals surface area contributed by atoms with Crippen molar-refractivity contribution in [1.82, 2.24) is 15.5 Å². The standard InChI is InChI=1S/C28H41N3O2/c1-31(25-9-3-2-4-10-25)19-24-8-6-5-7-23(24)17-29-26(32)18-30-27(33)28-14-20-11-21(15-28)13-22(12-20)16-28/h5-8,20-22,25H,2-4,9-19H2,1H3,(H,29,32)(H,30,33). The molecular weight excluding hydrogens is 410 g/mol. The first-order valence-electron chi connectivity index (χ1n) is 13.3. The molecule has 5 saturated carbocycles. The van der Waals surface area contributed by atoms with E-state index in [1.54, 1.807) is 0 Å². The van der Waals surface area contributed by atoms with Crippen LogP contribution in [0.5, 0.6) is 0 Å². The van der Waals surface area contributed by atoms with Gasteiger partial charge in [-0.2, -0.15) is 0 Å². The predicted molar refractivity (Wildman–Crippen MR) is 130 cm³/mol. The zero-order valence-corrected chi connectivity index (χ0v) is 20.3. The van der Waals surface area contributed by atoms with Gasteiger partial charge in [0.15, 0.2) is 0 Å². The van der Waals surface area contributed by atoms with Crippen LogP contribution in [-0.4, -0.2) is 36.3 Å². The SMILES string of the molecule is CN(Cc1ccccc1CNC(=O)CNC(=O)C12CC3CC(CC(C3)C1)C2)C1CCCCC1. The van der Waals surface area contributed by atoms with Crippen LogP contribution >= 0.6 is 0 Å². The third-order valence-corrected chi connectivity index (χ3v) is 9.14. The Hall–Kier alpha value is -1.88. The fourth-order valence-corrected chi connectivity index (χ4v) is 7.80. The van der Waals surface area contributed by atoms with E-state index in [1.165, 1.54) is 62.5 Å². The summed E-state index contributed by atoms with van der Waals surface area (Å²) in [6, 6.07) is 9.08. The number of hydrogen-bond acceptors (Lipinski definition) is 3. The van der Waals surface area contributed by atoms with Gasteiger partial charge in [0.25, 0.3) is 0 Å². The molecule has 0 heterocycles. The minimum absolute atomic E-state index is 0.0880. The average molecular weight is 452 g/mol. The Kier molecular flexibility index (Phi) is 6.78. The van der Waals surface area contributed by atoms with Crippen molar-refractivity contribution in [3.63, 3.8) is 0 Å². The van der Waals surface area contributed by atoms with E-state index >= 15 is 0 Å². The van der Waals surface area contributed by atoms with Gasteiger partial charge in [0.1, 0.15) is 0 Å². The van der Waals surface area contributed by atoms with Gasteiger partial charge in [-0.25, -0.2) is 0 Å². The van der Waals surface area contributed by atoms with Gasteiger partial charge in [0, 0.05) is 24.5 Å². The zero-order valence-electron chi connectivity index (χ0n) is 20.3. The number of benzene rings is 1. The van der Waals surface area contributed by atoms with Crippen LogP contribution in [0.4, 0.5) is 0 Å². The van der Waals surface area contributed by atoms with Crippen molar-refractivity contribution < 1.29 is 9.59 Å². The maximum atomic E-state index is 13.1. The fraction of sp³-hybridized carbons (Fsp3) is 0.714. The lowest BCUT2D eigenvalue weighted by molar-refractivity contribution is -0.147. The van der Waals surface area contributed by atoms with E-state index in [1.807, 2.05) is 6.07 Å². The highest BCUT2D eigenvalue weighted by atomic mass is 16.2. The second kappa shape index (κ2) is 9.77. The van der Waals surface area contributed by atoms with Gasteiger partial charge in [0.2, 0.25) is 11.8 Å². The van der Waals surface area contributed by atoms with Gasteiger partial charge in [-0.05, 0) is 87.3 Å². The van der Waals surface area contributed by atoms with Crippen LogP contribution in [-0.2, 0) is 22.7 Å². The summed E-state index contributed by atoms with van der Waals surface area (Å²) in [7, 11) is 2.23. The summed E-state index contributed by atoms with van der Waals surface area (Å²) in [5, 5.41) is 6.06. The molecule has 0 spiro atoms. The van der Waals surface area contributed by atoms with Gasteiger partial charge >= 0.3 is 0 Å². The lowest BCUT2D eigenvalue weighted by atomic mass is 9.49. The molecule has 0 unspecified atom stereocenters. The molecule has 5 aliphatic carbocycles. The number of carbonyl (C=O) groups is 2. The van der Waals surface area contributed by atoms with E-state index in [-0.39, 0.29) is 23.8 Å². The normalized spacial score (nSPS) is 31.0. The molecule has 6 rings (SSSR count). The first-order valence-corrected chi connectivity index (χ1v) is 13.3. The molecule has 5 fully saturated rings. The maximum absolute atomic E-state index is 13.1. The molecule has 1 aromatic rings. The Morgan fingerprint density at radius 1 is 0.909 bits per heavy atom. The molecule has 4 bridgehead atoms. The van der Waals surface area contributed by atoms with E-state index in [2.05, 4.69) is 40.8 Å². The maximum Gasteiger partial charge on any atom is 0.239 e. The number of nitrogens with one attached hydrogen (secondary N) is 2. The molecule has 0 aromatic heterocycles. The van der Waals surface area contributed by atoms with Crippen LogP contribution in [0.1, 0.15) is 81.8 Å². The van der Waals surface area contributed by atoms with Gasteiger partial charge in [0.05, 0.1) is 6.54 Å². The fourth-order valence-electron chi connectivity index (χ4n) is 7.80. The van der Waals surface area contributed by atoms with Gasteiger partial charge < -0.3 is 10.6 Å². The molecule has 5 aliphatic rings. The lowest BCUT2D eigenvalue weighted by Crippen LogP contribution is -2.54. The van der Waals surface area contributed by atoms with E-state index in [9.17, 15) is 9.59 Å². The minimum Gasteiger partial charge on any atom is -0.350 e. The van der Waals surface area contributed by atoms with E-state index in [4.69, 9.17) is 0 Å². The monoisotopic (exact) mass is 451 g/mol. The molecule has 1 aromatic carbocycles. The van der Waals surface area contributed by atoms with Crippen LogP contribution in [0.2, 0.25) is 0 Å². The summed E-state index contributed by atoms with van der Waals surface area (Å²) in [5.41, 5.74) is 2.26. The highest BCUT2D eigenvalue weighted by molar-refractivity contribution is 5.88. The number of hydrogen-bond donors (Lipinski definition) is 2. The smallest absolute Gasteiger partial charge is 0.239 e. The van der Waals surface area contributed by atoms with Crippen molar-refractivity contribution in [2.75, 3.05) is 13.6 Å². The lowest BCUT2D eigenvalue weighted by Gasteiger charge is -2.55. The average Bonchev–Trinajstić information content (AvgIpc) is 2.81. The molecule has 33 heavy (non-hydrogen) atoms. The Morgan fingerprint density at radius 2 is 1.52 bits per heavy atom. The summed E-state index contributed by atoms with van der Waals surface area (Å²) < 4.78 is 0.